The van der Waals surface area contributed by atoms with Crippen molar-refractivity contribution in [3.63, 3.8) is 0 Å². The van der Waals surface area contributed by atoms with Crippen LogP contribution in [0.2, 0.25) is 0 Å². The van der Waals surface area contributed by atoms with Gasteiger partial charge >= 0.3 is 0 Å². The third kappa shape index (κ3) is 5.47. The van der Waals surface area contributed by atoms with E-state index in [0.717, 1.165) is 5.88 Å². The molecule has 0 aromatic heterocycles. The molecule has 0 N–H and O–H groups in total. The fourth-order valence-corrected chi connectivity index (χ4v) is 0.951. The molecule has 13 heavy (non-hydrogen) atoms. The van der Waals surface area contributed by atoms with E-state index in [1.54, 1.807) is 6.08 Å². The third-order valence-electron chi connectivity index (χ3n) is 1.26. The highest BCUT2D eigenvalue weighted by Gasteiger charge is 2.01. The molecule has 0 aliphatic carbocycles. The highest BCUT2D eigenvalue weighted by molar-refractivity contribution is 7.80. The van der Waals surface area contributed by atoms with Crippen LogP contribution < -0.4 is 0 Å². The minimum Gasteiger partial charge on any atom is -0.483 e. The van der Waals surface area contributed by atoms with Crippen molar-refractivity contribution in [1.82, 2.24) is 4.90 Å². The summed E-state index contributed by atoms with van der Waals surface area (Å²) in [5, 5.41) is 0.458. The Hall–Kier alpha value is -0.770. The van der Waals surface area contributed by atoms with Gasteiger partial charge in [0.1, 0.15) is 0 Å². The van der Waals surface area contributed by atoms with Crippen molar-refractivity contribution in [2.45, 2.75) is 13.8 Å². The van der Waals surface area contributed by atoms with Gasteiger partial charge in [-0.25, -0.2) is 0 Å². The van der Waals surface area contributed by atoms with Crippen LogP contribution in [0.5, 0.6) is 0 Å². The van der Waals surface area contributed by atoms with Gasteiger partial charge in [0.05, 0.1) is 19.3 Å². The van der Waals surface area contributed by atoms with Crippen LogP contribution in [0.4, 0.5) is 0 Å². The van der Waals surface area contributed by atoms with Gasteiger partial charge in [-0.3, -0.25) is 0 Å². The Morgan fingerprint density at radius 3 is 2.15 bits per heavy atom. The molecule has 0 saturated carbocycles. The van der Waals surface area contributed by atoms with E-state index in [9.17, 15) is 0 Å². The first kappa shape index (κ1) is 12.2. The first-order valence-electron chi connectivity index (χ1n) is 4.30. The van der Waals surface area contributed by atoms with Gasteiger partial charge in [-0.1, -0.05) is 0 Å². The quantitative estimate of drug-likeness (QED) is 0.386. The standard InChI is InChI=1S/C9H17NO2S/c1-5-11-8(10(3)4)7-9(13)12-6-2/h7H,5-6H2,1-4H3/b8-7-. The molecule has 0 aliphatic heterocycles. The van der Waals surface area contributed by atoms with Gasteiger partial charge in [0.25, 0.3) is 0 Å². The highest BCUT2D eigenvalue weighted by Crippen LogP contribution is 2.02. The van der Waals surface area contributed by atoms with Crippen molar-refractivity contribution in [2.24, 2.45) is 0 Å². The first-order valence-corrected chi connectivity index (χ1v) is 4.71. The first-order chi connectivity index (χ1) is 6.11. The van der Waals surface area contributed by atoms with E-state index in [2.05, 4.69) is 0 Å². The van der Waals surface area contributed by atoms with Crippen LogP contribution in [-0.2, 0) is 9.47 Å². The largest absolute Gasteiger partial charge is 0.483 e. The second kappa shape index (κ2) is 6.71. The summed E-state index contributed by atoms with van der Waals surface area (Å²) in [5.41, 5.74) is 0. The Bertz CT molecular complexity index is 190. The number of hydrogen-bond acceptors (Lipinski definition) is 4. The van der Waals surface area contributed by atoms with Crippen LogP contribution in [0, 0.1) is 0 Å². The molecule has 0 bridgehead atoms. The highest BCUT2D eigenvalue weighted by atomic mass is 32.1. The Morgan fingerprint density at radius 1 is 1.23 bits per heavy atom. The lowest BCUT2D eigenvalue weighted by Gasteiger charge is -2.16. The maximum atomic E-state index is 5.34. The van der Waals surface area contributed by atoms with Gasteiger partial charge in [0.2, 0.25) is 0 Å². The monoisotopic (exact) mass is 203 g/mol. The number of ether oxygens (including phenoxy) is 2. The lowest BCUT2D eigenvalue weighted by molar-refractivity contribution is 0.152. The molecule has 0 amide bonds. The normalized spacial score (nSPS) is 10.9. The molecular formula is C9H17NO2S. The number of rotatable bonds is 5. The maximum absolute atomic E-state index is 5.34. The number of hydrogen-bond donors (Lipinski definition) is 0. The predicted molar refractivity (Wildman–Crippen MR) is 57.6 cm³/mol. The summed E-state index contributed by atoms with van der Waals surface area (Å²) >= 11 is 4.96. The van der Waals surface area contributed by atoms with Crippen LogP contribution in [-0.4, -0.2) is 37.3 Å². The maximum Gasteiger partial charge on any atom is 0.193 e. The molecule has 0 saturated heterocycles. The van der Waals surface area contributed by atoms with Crippen molar-refractivity contribution >= 4 is 17.3 Å². The summed E-state index contributed by atoms with van der Waals surface area (Å²) in [6.45, 7) is 5.04. The van der Waals surface area contributed by atoms with E-state index in [-0.39, 0.29) is 0 Å². The van der Waals surface area contributed by atoms with Crippen molar-refractivity contribution in [1.29, 1.82) is 0 Å². The van der Waals surface area contributed by atoms with Crippen LogP contribution in [0.3, 0.4) is 0 Å². The molecule has 0 heterocycles. The Morgan fingerprint density at radius 2 is 1.77 bits per heavy atom. The molecule has 0 aromatic rings. The van der Waals surface area contributed by atoms with Crippen molar-refractivity contribution in [2.75, 3.05) is 27.3 Å². The van der Waals surface area contributed by atoms with Crippen LogP contribution in [0.15, 0.2) is 12.0 Å². The van der Waals surface area contributed by atoms with Crippen molar-refractivity contribution < 1.29 is 9.47 Å². The second-order valence-electron chi connectivity index (χ2n) is 2.56. The minimum atomic E-state index is 0.458. The fraction of sp³-hybridized carbons (Fsp3) is 0.667. The summed E-state index contributed by atoms with van der Waals surface area (Å²) in [7, 11) is 3.80. The smallest absolute Gasteiger partial charge is 0.193 e. The second-order valence-corrected chi connectivity index (χ2v) is 2.96. The van der Waals surface area contributed by atoms with Gasteiger partial charge in [-0.2, -0.15) is 0 Å². The fourth-order valence-electron chi connectivity index (χ4n) is 0.732. The molecule has 76 valence electrons. The van der Waals surface area contributed by atoms with E-state index in [1.165, 1.54) is 0 Å². The molecule has 0 aromatic carbocycles. The topological polar surface area (TPSA) is 21.7 Å². The van der Waals surface area contributed by atoms with Crippen LogP contribution >= 0.6 is 12.2 Å². The molecule has 0 aliphatic rings. The number of nitrogens with zero attached hydrogens (tertiary/aromatic N) is 1. The third-order valence-corrected chi connectivity index (χ3v) is 1.50. The SMILES string of the molecule is CCOC(=S)/C=C(\OCC)N(C)C. The average molecular weight is 203 g/mol. The van der Waals surface area contributed by atoms with Gasteiger partial charge in [-0.05, 0) is 26.1 Å². The molecule has 0 atom stereocenters. The lowest BCUT2D eigenvalue weighted by atomic mass is 10.5. The lowest BCUT2D eigenvalue weighted by Crippen LogP contribution is -2.15. The van der Waals surface area contributed by atoms with Gasteiger partial charge in [0, 0.05) is 14.1 Å². The summed E-state index contributed by atoms with van der Waals surface area (Å²) < 4.78 is 10.5. The average Bonchev–Trinajstić information content (AvgIpc) is 2.04. The zero-order chi connectivity index (χ0) is 10.3. The molecule has 0 spiro atoms. The van der Waals surface area contributed by atoms with Gasteiger partial charge < -0.3 is 14.4 Å². The molecule has 0 radical (unpaired) electrons. The molecular weight excluding hydrogens is 186 g/mol. The van der Waals surface area contributed by atoms with E-state index in [1.807, 2.05) is 32.8 Å². The van der Waals surface area contributed by atoms with E-state index in [4.69, 9.17) is 21.7 Å². The van der Waals surface area contributed by atoms with Crippen LogP contribution in [0.1, 0.15) is 13.8 Å². The van der Waals surface area contributed by atoms with E-state index in [0.29, 0.717) is 18.3 Å². The summed E-state index contributed by atoms with van der Waals surface area (Å²) in [5.74, 6) is 0.723. The summed E-state index contributed by atoms with van der Waals surface area (Å²) in [4.78, 5) is 1.86. The molecule has 0 unspecified atom stereocenters. The Balaban J connectivity index is 4.25. The predicted octanol–water partition coefficient (Wildman–Crippen LogP) is 1.79. The molecule has 4 heteroatoms. The minimum absolute atomic E-state index is 0.458. The Kier molecular flexibility index (Phi) is 6.32. The van der Waals surface area contributed by atoms with E-state index < -0.39 is 0 Å². The van der Waals surface area contributed by atoms with Gasteiger partial charge in [-0.15, -0.1) is 0 Å². The summed E-state index contributed by atoms with van der Waals surface area (Å²) in [6.07, 6.45) is 1.71. The van der Waals surface area contributed by atoms with E-state index >= 15 is 0 Å². The molecule has 3 nitrogen and oxygen atoms in total. The number of thiocarbonyl (C=S) groups is 1. The molecule has 0 fully saturated rings. The van der Waals surface area contributed by atoms with Crippen molar-refractivity contribution in [3.8, 4) is 0 Å². The summed E-state index contributed by atoms with van der Waals surface area (Å²) in [6, 6.07) is 0. The van der Waals surface area contributed by atoms with Crippen molar-refractivity contribution in [3.05, 3.63) is 12.0 Å². The molecule has 0 rings (SSSR count). The zero-order valence-corrected chi connectivity index (χ0v) is 9.48. The zero-order valence-electron chi connectivity index (χ0n) is 8.66. The van der Waals surface area contributed by atoms with Crippen LogP contribution in [0.25, 0.3) is 0 Å². The van der Waals surface area contributed by atoms with Gasteiger partial charge in [0.15, 0.2) is 10.9 Å². The Labute approximate surface area is 85.3 Å².